The molecule has 0 aliphatic carbocycles. The van der Waals surface area contributed by atoms with Crippen LogP contribution in [-0.4, -0.2) is 44.2 Å². The number of hydrogen-bond acceptors (Lipinski definition) is 2. The number of rotatable bonds is 3. The summed E-state index contributed by atoms with van der Waals surface area (Å²) >= 11 is 0. The van der Waals surface area contributed by atoms with E-state index in [4.69, 9.17) is 4.74 Å². The smallest absolute Gasteiger partial charge is 0.362 e. The van der Waals surface area contributed by atoms with E-state index in [2.05, 4.69) is 0 Å². The van der Waals surface area contributed by atoms with Crippen molar-refractivity contribution >= 4 is 5.97 Å². The highest BCUT2D eigenvalue weighted by Gasteiger charge is 2.15. The summed E-state index contributed by atoms with van der Waals surface area (Å²) in [4.78, 5) is 11.0. The van der Waals surface area contributed by atoms with E-state index in [0.717, 1.165) is 0 Å². The number of carbonyl (C=O) groups is 1. The van der Waals surface area contributed by atoms with Crippen LogP contribution in [0.3, 0.4) is 0 Å². The Morgan fingerprint density at radius 2 is 1.75 bits per heavy atom. The lowest BCUT2D eigenvalue weighted by molar-refractivity contribution is -0.862. The fourth-order valence-electron chi connectivity index (χ4n) is 0.687. The molecule has 0 heterocycles. The Labute approximate surface area is 80.7 Å². The van der Waals surface area contributed by atoms with Crippen LogP contribution in [0.25, 0.3) is 0 Å². The first-order valence-electron chi connectivity index (χ1n) is 3.81. The van der Waals surface area contributed by atoms with Crippen molar-refractivity contribution in [3.63, 3.8) is 0 Å². The van der Waals surface area contributed by atoms with Gasteiger partial charge in [-0.05, 0) is 13.8 Å². The molecule has 0 N–H and O–H groups in total. The van der Waals surface area contributed by atoms with Crippen LogP contribution in [0, 0.1) is 0 Å². The lowest BCUT2D eigenvalue weighted by Crippen LogP contribution is -3.00. The quantitative estimate of drug-likeness (QED) is 0.373. The molecule has 0 fully saturated rings. The predicted molar refractivity (Wildman–Crippen MR) is 44.1 cm³/mol. The van der Waals surface area contributed by atoms with Gasteiger partial charge in [0.2, 0.25) is 0 Å². The van der Waals surface area contributed by atoms with Gasteiger partial charge in [0.15, 0.2) is 6.54 Å². The van der Waals surface area contributed by atoms with Gasteiger partial charge < -0.3 is 21.6 Å². The van der Waals surface area contributed by atoms with Crippen LogP contribution in [0.1, 0.15) is 13.8 Å². The normalized spacial score (nSPS) is 10.8. The number of carbonyl (C=O) groups excluding carboxylic acids is 1. The average Bonchev–Trinajstić information content (AvgIpc) is 1.53. The maximum absolute atomic E-state index is 11.0. The standard InChI is InChI=1S/C8H18NO2.ClH/c1-7(2)11-8(10)6-9(3,4)5;/h7H,6H2,1-5H3;1H/q+1;/p-1. The van der Waals surface area contributed by atoms with Gasteiger partial charge in [-0.15, -0.1) is 0 Å². The van der Waals surface area contributed by atoms with E-state index in [1.807, 2.05) is 35.0 Å². The topological polar surface area (TPSA) is 26.3 Å². The third kappa shape index (κ3) is 9.72. The van der Waals surface area contributed by atoms with E-state index in [1.165, 1.54) is 0 Å². The summed E-state index contributed by atoms with van der Waals surface area (Å²) in [6, 6.07) is 0. The predicted octanol–water partition coefficient (Wildman–Crippen LogP) is -2.35. The first kappa shape index (κ1) is 14.3. The molecule has 0 bridgehead atoms. The molecule has 0 saturated carbocycles. The molecule has 0 radical (unpaired) electrons. The molecule has 0 spiro atoms. The van der Waals surface area contributed by atoms with Gasteiger partial charge in [0, 0.05) is 0 Å². The molecular formula is C8H18ClNO2. The van der Waals surface area contributed by atoms with E-state index in [-0.39, 0.29) is 24.5 Å². The summed E-state index contributed by atoms with van der Waals surface area (Å²) in [7, 11) is 5.88. The molecule has 4 heteroatoms. The number of esters is 1. The molecule has 0 aliphatic rings. The van der Waals surface area contributed by atoms with Crippen molar-refractivity contribution in [1.29, 1.82) is 0 Å². The zero-order chi connectivity index (χ0) is 9.07. The Morgan fingerprint density at radius 3 is 2.00 bits per heavy atom. The van der Waals surface area contributed by atoms with Crippen molar-refractivity contribution in [2.24, 2.45) is 0 Å². The molecule has 0 aromatic heterocycles. The summed E-state index contributed by atoms with van der Waals surface area (Å²) in [5.41, 5.74) is 0. The molecule has 0 unspecified atom stereocenters. The first-order chi connectivity index (χ1) is 4.81. The van der Waals surface area contributed by atoms with Crippen LogP contribution >= 0.6 is 0 Å². The monoisotopic (exact) mass is 195 g/mol. The second-order valence-electron chi connectivity index (χ2n) is 3.99. The summed E-state index contributed by atoms with van der Waals surface area (Å²) in [6.45, 7) is 4.14. The largest absolute Gasteiger partial charge is 1.00 e. The first-order valence-corrected chi connectivity index (χ1v) is 3.81. The van der Waals surface area contributed by atoms with Gasteiger partial charge in [-0.1, -0.05) is 0 Å². The van der Waals surface area contributed by atoms with E-state index in [0.29, 0.717) is 11.0 Å². The van der Waals surface area contributed by atoms with Crippen LogP contribution in [-0.2, 0) is 9.53 Å². The summed E-state index contributed by atoms with van der Waals surface area (Å²) in [5.74, 6) is -0.132. The summed E-state index contributed by atoms with van der Waals surface area (Å²) < 4.78 is 5.59. The van der Waals surface area contributed by atoms with Crippen LogP contribution in [0.15, 0.2) is 0 Å². The molecule has 12 heavy (non-hydrogen) atoms. The second kappa shape index (κ2) is 5.38. The van der Waals surface area contributed by atoms with Gasteiger partial charge in [0.1, 0.15) is 0 Å². The zero-order valence-electron chi connectivity index (χ0n) is 8.43. The average molecular weight is 196 g/mol. The van der Waals surface area contributed by atoms with Crippen LogP contribution in [0.4, 0.5) is 0 Å². The third-order valence-corrected chi connectivity index (χ3v) is 0.971. The molecule has 3 nitrogen and oxygen atoms in total. The molecular weight excluding hydrogens is 178 g/mol. The number of quaternary nitrogens is 1. The highest BCUT2D eigenvalue weighted by atomic mass is 35.5. The summed E-state index contributed by atoms with van der Waals surface area (Å²) in [6.07, 6.45) is -0.00551. The fraction of sp³-hybridized carbons (Fsp3) is 0.875. The minimum Gasteiger partial charge on any atom is -1.00 e. The number of hydrogen-bond donors (Lipinski definition) is 0. The van der Waals surface area contributed by atoms with Gasteiger partial charge in [0.05, 0.1) is 27.2 Å². The van der Waals surface area contributed by atoms with Gasteiger partial charge >= 0.3 is 5.97 Å². The summed E-state index contributed by atoms with van der Waals surface area (Å²) in [5, 5.41) is 0. The van der Waals surface area contributed by atoms with Gasteiger partial charge in [-0.3, -0.25) is 0 Å². The number of ether oxygens (including phenoxy) is 1. The van der Waals surface area contributed by atoms with E-state index in [9.17, 15) is 4.79 Å². The van der Waals surface area contributed by atoms with Gasteiger partial charge in [0.25, 0.3) is 0 Å². The molecule has 74 valence electrons. The van der Waals surface area contributed by atoms with Gasteiger partial charge in [-0.25, -0.2) is 4.79 Å². The Bertz CT molecular complexity index is 140. The maximum Gasteiger partial charge on any atom is 0.362 e. The van der Waals surface area contributed by atoms with Crippen LogP contribution in [0.2, 0.25) is 0 Å². The SMILES string of the molecule is CC(C)OC(=O)C[N+](C)(C)C.[Cl-]. The number of nitrogens with zero attached hydrogens (tertiary/aromatic N) is 1. The molecule has 0 aliphatic heterocycles. The highest BCUT2D eigenvalue weighted by molar-refractivity contribution is 5.70. The highest BCUT2D eigenvalue weighted by Crippen LogP contribution is 1.94. The second-order valence-corrected chi connectivity index (χ2v) is 3.99. The Kier molecular flexibility index (Phi) is 6.39. The molecule has 0 rings (SSSR count). The van der Waals surface area contributed by atoms with Crippen LogP contribution < -0.4 is 12.4 Å². The Morgan fingerprint density at radius 1 is 1.33 bits per heavy atom. The molecule has 0 aromatic carbocycles. The van der Waals surface area contributed by atoms with Crippen molar-refractivity contribution in [3.05, 3.63) is 0 Å². The Balaban J connectivity index is 0. The van der Waals surface area contributed by atoms with Crippen molar-refractivity contribution in [2.45, 2.75) is 20.0 Å². The van der Waals surface area contributed by atoms with Gasteiger partial charge in [-0.2, -0.15) is 0 Å². The fourth-order valence-corrected chi connectivity index (χ4v) is 0.687. The lowest BCUT2D eigenvalue weighted by Gasteiger charge is -2.22. The van der Waals surface area contributed by atoms with Crippen molar-refractivity contribution in [3.8, 4) is 0 Å². The maximum atomic E-state index is 11.0. The number of halogens is 1. The van der Waals surface area contributed by atoms with E-state index < -0.39 is 0 Å². The molecule has 0 atom stereocenters. The molecule has 0 aromatic rings. The van der Waals surface area contributed by atoms with Crippen LogP contribution in [0.5, 0.6) is 0 Å². The van der Waals surface area contributed by atoms with E-state index >= 15 is 0 Å². The van der Waals surface area contributed by atoms with Crippen molar-refractivity contribution in [2.75, 3.05) is 27.7 Å². The molecule has 0 saturated heterocycles. The van der Waals surface area contributed by atoms with Crippen molar-refractivity contribution in [1.82, 2.24) is 0 Å². The zero-order valence-corrected chi connectivity index (χ0v) is 9.18. The lowest BCUT2D eigenvalue weighted by atomic mass is 10.4. The molecule has 0 amide bonds. The van der Waals surface area contributed by atoms with E-state index in [1.54, 1.807) is 0 Å². The minimum atomic E-state index is -0.132. The number of likely N-dealkylation sites (N-methyl/N-ethyl adjacent to an activating group) is 1. The van der Waals surface area contributed by atoms with Crippen molar-refractivity contribution < 1.29 is 26.4 Å². The minimum absolute atomic E-state index is 0. The Hall–Kier alpha value is -0.280. The third-order valence-electron chi connectivity index (χ3n) is 0.971.